The molecule has 0 unspecified atom stereocenters. The van der Waals surface area contributed by atoms with Crippen molar-refractivity contribution < 1.29 is 19.1 Å². The van der Waals surface area contributed by atoms with E-state index in [1.54, 1.807) is 18.1 Å². The first kappa shape index (κ1) is 22.0. The number of hydrogen-bond donors (Lipinski definition) is 0. The number of carbonyl (C=O) groups is 3. The van der Waals surface area contributed by atoms with Gasteiger partial charge in [0.05, 0.1) is 12.0 Å². The van der Waals surface area contributed by atoms with E-state index in [1.807, 2.05) is 43.3 Å². The molecule has 166 valence electrons. The second kappa shape index (κ2) is 9.48. The zero-order chi connectivity index (χ0) is 22.7. The van der Waals surface area contributed by atoms with Gasteiger partial charge in [-0.05, 0) is 60.2 Å². The van der Waals surface area contributed by atoms with Crippen molar-refractivity contribution in [2.75, 3.05) is 44.7 Å². The van der Waals surface area contributed by atoms with Crippen molar-refractivity contribution in [2.45, 2.75) is 6.92 Å². The Morgan fingerprint density at radius 1 is 1.06 bits per heavy atom. The molecule has 3 amide bonds. The Kier molecular flexibility index (Phi) is 6.50. The average molecular weight is 452 g/mol. The van der Waals surface area contributed by atoms with Crippen molar-refractivity contribution >= 4 is 40.6 Å². The standard InChI is InChI=1S/C24H25N3O4S/c1-17-14-20(31-2)9-8-18(17)15-21-23(29)27(24(30)32-21)16-22(28)26-12-10-25(11-13-26)19-6-4-3-5-7-19/h3-9,14-15H,10-13,16H2,1-2H3. The molecule has 0 radical (unpaired) electrons. The molecule has 4 rings (SSSR count). The van der Waals surface area contributed by atoms with Crippen molar-refractivity contribution in [3.05, 3.63) is 64.6 Å². The second-order valence-corrected chi connectivity index (χ2v) is 8.69. The first-order valence-corrected chi connectivity index (χ1v) is 11.3. The monoisotopic (exact) mass is 451 g/mol. The summed E-state index contributed by atoms with van der Waals surface area (Å²) >= 11 is 0.870. The molecule has 0 spiro atoms. The predicted octanol–water partition coefficient (Wildman–Crippen LogP) is 3.39. The highest BCUT2D eigenvalue weighted by Gasteiger charge is 2.37. The normalized spacial score (nSPS) is 17.9. The van der Waals surface area contributed by atoms with Crippen molar-refractivity contribution in [2.24, 2.45) is 0 Å². The largest absolute Gasteiger partial charge is 0.497 e. The number of thioether (sulfide) groups is 1. The van der Waals surface area contributed by atoms with Gasteiger partial charge >= 0.3 is 0 Å². The van der Waals surface area contributed by atoms with Gasteiger partial charge in [-0.25, -0.2) is 0 Å². The van der Waals surface area contributed by atoms with Gasteiger partial charge in [0.2, 0.25) is 5.91 Å². The summed E-state index contributed by atoms with van der Waals surface area (Å²) in [6.07, 6.45) is 1.70. The average Bonchev–Trinajstić information content (AvgIpc) is 3.08. The number of imide groups is 1. The Hall–Kier alpha value is -3.26. The predicted molar refractivity (Wildman–Crippen MR) is 126 cm³/mol. The topological polar surface area (TPSA) is 70.2 Å². The number of methoxy groups -OCH3 is 1. The van der Waals surface area contributed by atoms with E-state index in [-0.39, 0.29) is 12.5 Å². The van der Waals surface area contributed by atoms with Crippen LogP contribution >= 0.6 is 11.8 Å². The Morgan fingerprint density at radius 3 is 2.44 bits per heavy atom. The number of para-hydroxylation sites is 1. The van der Waals surface area contributed by atoms with Crippen LogP contribution in [0.25, 0.3) is 6.08 Å². The van der Waals surface area contributed by atoms with E-state index in [0.717, 1.165) is 39.2 Å². The third kappa shape index (κ3) is 4.65. The molecule has 2 fully saturated rings. The molecule has 32 heavy (non-hydrogen) atoms. The van der Waals surface area contributed by atoms with Crippen molar-refractivity contribution in [3.63, 3.8) is 0 Å². The number of rotatable bonds is 5. The van der Waals surface area contributed by atoms with E-state index >= 15 is 0 Å². The molecular formula is C24H25N3O4S. The van der Waals surface area contributed by atoms with E-state index in [2.05, 4.69) is 17.0 Å². The van der Waals surface area contributed by atoms with Crippen LogP contribution in [0.3, 0.4) is 0 Å². The highest BCUT2D eigenvalue weighted by atomic mass is 32.2. The Bertz CT molecular complexity index is 1060. The Balaban J connectivity index is 1.38. The summed E-state index contributed by atoms with van der Waals surface area (Å²) in [6.45, 7) is 4.24. The number of carbonyl (C=O) groups excluding carboxylic acids is 3. The molecule has 0 N–H and O–H groups in total. The third-order valence-electron chi connectivity index (χ3n) is 5.68. The SMILES string of the molecule is COc1ccc(C=C2SC(=O)N(CC(=O)N3CCN(c4ccccc4)CC3)C2=O)c(C)c1. The molecule has 0 aliphatic carbocycles. The highest BCUT2D eigenvalue weighted by molar-refractivity contribution is 8.18. The number of aryl methyl sites for hydroxylation is 1. The Labute approximate surface area is 191 Å². The summed E-state index contributed by atoms with van der Waals surface area (Å²) in [4.78, 5) is 43.4. The van der Waals surface area contributed by atoms with Crippen molar-refractivity contribution in [3.8, 4) is 5.75 Å². The summed E-state index contributed by atoms with van der Waals surface area (Å²) in [5.74, 6) is 0.0964. The number of nitrogens with zero attached hydrogens (tertiary/aromatic N) is 3. The van der Waals surface area contributed by atoms with E-state index in [4.69, 9.17) is 4.74 Å². The van der Waals surface area contributed by atoms with Crippen LogP contribution in [0.4, 0.5) is 10.5 Å². The molecule has 2 aliphatic rings. The molecule has 0 aromatic heterocycles. The molecule has 2 aromatic rings. The lowest BCUT2D eigenvalue weighted by Crippen LogP contribution is -2.51. The first-order valence-electron chi connectivity index (χ1n) is 10.4. The molecule has 7 nitrogen and oxygen atoms in total. The summed E-state index contributed by atoms with van der Waals surface area (Å²) < 4.78 is 5.21. The minimum Gasteiger partial charge on any atom is -0.497 e. The van der Waals surface area contributed by atoms with E-state index in [1.165, 1.54) is 0 Å². The fraction of sp³-hybridized carbons (Fsp3) is 0.292. The van der Waals surface area contributed by atoms with Gasteiger partial charge in [0.1, 0.15) is 12.3 Å². The maximum absolute atomic E-state index is 12.8. The number of benzene rings is 2. The molecule has 0 bridgehead atoms. The zero-order valence-corrected chi connectivity index (χ0v) is 18.9. The molecular weight excluding hydrogens is 426 g/mol. The maximum Gasteiger partial charge on any atom is 0.294 e. The number of piperazine rings is 1. The zero-order valence-electron chi connectivity index (χ0n) is 18.1. The van der Waals surface area contributed by atoms with Gasteiger partial charge in [-0.3, -0.25) is 19.3 Å². The van der Waals surface area contributed by atoms with Crippen LogP contribution in [0.5, 0.6) is 5.75 Å². The number of amides is 3. The van der Waals surface area contributed by atoms with Crippen LogP contribution in [0, 0.1) is 6.92 Å². The molecule has 2 aromatic carbocycles. The van der Waals surface area contributed by atoms with E-state index < -0.39 is 11.1 Å². The van der Waals surface area contributed by atoms with Crippen molar-refractivity contribution in [1.82, 2.24) is 9.80 Å². The summed E-state index contributed by atoms with van der Waals surface area (Å²) in [7, 11) is 1.60. The summed E-state index contributed by atoms with van der Waals surface area (Å²) in [5, 5.41) is -0.413. The highest BCUT2D eigenvalue weighted by Crippen LogP contribution is 2.33. The van der Waals surface area contributed by atoms with Crippen molar-refractivity contribution in [1.29, 1.82) is 0 Å². The fourth-order valence-corrected chi connectivity index (χ4v) is 4.63. The van der Waals surface area contributed by atoms with Crippen LogP contribution in [-0.4, -0.2) is 66.7 Å². The number of hydrogen-bond acceptors (Lipinski definition) is 6. The number of ether oxygens (including phenoxy) is 1. The van der Waals surface area contributed by atoms with Crippen LogP contribution in [0.15, 0.2) is 53.4 Å². The van der Waals surface area contributed by atoms with E-state index in [9.17, 15) is 14.4 Å². The third-order valence-corrected chi connectivity index (χ3v) is 6.59. The lowest BCUT2D eigenvalue weighted by Gasteiger charge is -2.36. The van der Waals surface area contributed by atoms with Crippen LogP contribution < -0.4 is 9.64 Å². The quantitative estimate of drug-likeness (QED) is 0.649. The smallest absolute Gasteiger partial charge is 0.294 e. The first-order chi connectivity index (χ1) is 15.5. The maximum atomic E-state index is 12.8. The molecule has 8 heteroatoms. The minimum absolute atomic E-state index is 0.207. The van der Waals surface area contributed by atoms with Gasteiger partial charge in [-0.2, -0.15) is 0 Å². The van der Waals surface area contributed by atoms with Gasteiger partial charge in [0.15, 0.2) is 0 Å². The Morgan fingerprint density at radius 2 is 1.78 bits per heavy atom. The lowest BCUT2D eigenvalue weighted by atomic mass is 10.1. The molecule has 0 saturated carbocycles. The summed E-state index contributed by atoms with van der Waals surface area (Å²) in [5.41, 5.74) is 2.90. The summed E-state index contributed by atoms with van der Waals surface area (Å²) in [6, 6.07) is 15.6. The van der Waals surface area contributed by atoms with Gasteiger partial charge in [-0.15, -0.1) is 0 Å². The molecule has 2 heterocycles. The fourth-order valence-electron chi connectivity index (χ4n) is 3.80. The van der Waals surface area contributed by atoms with Crippen LogP contribution in [0.2, 0.25) is 0 Å². The molecule has 0 atom stereocenters. The van der Waals surface area contributed by atoms with Crippen LogP contribution in [0.1, 0.15) is 11.1 Å². The number of anilines is 1. The van der Waals surface area contributed by atoms with Gasteiger partial charge in [-0.1, -0.05) is 24.3 Å². The second-order valence-electron chi connectivity index (χ2n) is 7.69. The van der Waals surface area contributed by atoms with Crippen LogP contribution in [-0.2, 0) is 9.59 Å². The minimum atomic E-state index is -0.425. The van der Waals surface area contributed by atoms with E-state index in [0.29, 0.717) is 31.1 Å². The van der Waals surface area contributed by atoms with Gasteiger partial charge in [0, 0.05) is 31.9 Å². The lowest BCUT2D eigenvalue weighted by molar-refractivity contribution is -0.136. The van der Waals surface area contributed by atoms with Gasteiger partial charge in [0.25, 0.3) is 11.1 Å². The van der Waals surface area contributed by atoms with Gasteiger partial charge < -0.3 is 14.5 Å². The molecule has 2 saturated heterocycles. The molecule has 2 aliphatic heterocycles.